The molecule has 0 amide bonds. The lowest BCUT2D eigenvalue weighted by atomic mass is 9.33. The van der Waals surface area contributed by atoms with Gasteiger partial charge >= 0.3 is 5.97 Å². The Balaban J connectivity index is 1.34. The Morgan fingerprint density at radius 1 is 0.868 bits per heavy atom. The van der Waals surface area contributed by atoms with Crippen molar-refractivity contribution in [2.75, 3.05) is 7.11 Å². The van der Waals surface area contributed by atoms with Crippen LogP contribution in [0.2, 0.25) is 0 Å². The van der Waals surface area contributed by atoms with E-state index in [0.717, 1.165) is 24.2 Å². The van der Waals surface area contributed by atoms with Crippen LogP contribution in [0.1, 0.15) is 115 Å². The van der Waals surface area contributed by atoms with Gasteiger partial charge in [0.15, 0.2) is 0 Å². The number of allylic oxidation sites excluding steroid dienone is 2. The van der Waals surface area contributed by atoms with Gasteiger partial charge in [0.05, 0.1) is 18.2 Å². The Bertz CT molecular complexity index is 1160. The second kappa shape index (κ2) is 8.55. The summed E-state index contributed by atoms with van der Waals surface area (Å²) in [5.41, 5.74) is 4.74. The van der Waals surface area contributed by atoms with E-state index < -0.39 is 0 Å². The molecule has 7 unspecified atom stereocenters. The number of carbonyl (C=O) groups is 1. The highest BCUT2D eigenvalue weighted by atomic mass is 16.5. The highest BCUT2D eigenvalue weighted by Gasteiger charge is 2.69. The summed E-state index contributed by atoms with van der Waals surface area (Å²) in [4.78, 5) is 16.9. The first-order valence-corrected chi connectivity index (χ1v) is 15.3. The summed E-state index contributed by atoms with van der Waals surface area (Å²) in [7, 11) is 1.45. The van der Waals surface area contributed by atoms with E-state index in [1.807, 2.05) is 12.1 Å². The quantitative estimate of drug-likeness (QED) is 0.298. The zero-order valence-corrected chi connectivity index (χ0v) is 24.7. The van der Waals surface area contributed by atoms with Crippen molar-refractivity contribution >= 4 is 18.3 Å². The van der Waals surface area contributed by atoms with E-state index in [9.17, 15) is 4.79 Å². The Kier molecular flexibility index (Phi) is 5.92. The monoisotopic (exact) mass is 515 g/mol. The van der Waals surface area contributed by atoms with Crippen LogP contribution in [0.3, 0.4) is 0 Å². The minimum atomic E-state index is -0.266. The highest BCUT2D eigenvalue weighted by molar-refractivity contribution is 5.89. The molecule has 4 fully saturated rings. The summed E-state index contributed by atoms with van der Waals surface area (Å²) in [6.45, 7) is 17.2. The van der Waals surface area contributed by atoms with Crippen LogP contribution in [0.5, 0.6) is 0 Å². The van der Waals surface area contributed by atoms with Crippen LogP contribution in [0.25, 0.3) is 5.57 Å². The molecule has 0 N–H and O–H groups in total. The molecule has 4 saturated carbocycles. The fourth-order valence-electron chi connectivity index (χ4n) is 11.8. The highest BCUT2D eigenvalue weighted by Crippen LogP contribution is 2.76. The van der Waals surface area contributed by atoms with E-state index in [1.165, 1.54) is 76.0 Å². The van der Waals surface area contributed by atoms with Gasteiger partial charge in [-0.15, -0.1) is 0 Å². The second-order valence-corrected chi connectivity index (χ2v) is 15.0. The minimum Gasteiger partial charge on any atom is -0.465 e. The molecule has 38 heavy (non-hydrogen) atoms. The van der Waals surface area contributed by atoms with Gasteiger partial charge in [0.1, 0.15) is 0 Å². The average Bonchev–Trinajstić information content (AvgIpc) is 3.33. The van der Waals surface area contributed by atoms with Gasteiger partial charge in [0.25, 0.3) is 0 Å². The summed E-state index contributed by atoms with van der Waals surface area (Å²) in [5, 5.41) is 0. The van der Waals surface area contributed by atoms with Crippen molar-refractivity contribution in [1.82, 2.24) is 0 Å². The first-order chi connectivity index (χ1) is 18.0. The van der Waals surface area contributed by atoms with Crippen molar-refractivity contribution in [1.29, 1.82) is 0 Å². The number of ether oxygens (including phenoxy) is 1. The Hall–Kier alpha value is -1.90. The Morgan fingerprint density at radius 2 is 1.61 bits per heavy atom. The number of benzene rings is 1. The summed E-state index contributed by atoms with van der Waals surface area (Å²) >= 11 is 0. The molecular formula is C35H49NO2. The largest absolute Gasteiger partial charge is 0.465 e. The molecule has 0 radical (unpaired) electrons. The van der Waals surface area contributed by atoms with E-state index in [-0.39, 0.29) is 16.9 Å². The molecule has 3 nitrogen and oxygen atoms in total. The van der Waals surface area contributed by atoms with Gasteiger partial charge in [-0.25, -0.2) is 4.79 Å². The van der Waals surface area contributed by atoms with Gasteiger partial charge in [0, 0.05) is 0 Å². The maximum Gasteiger partial charge on any atom is 0.337 e. The molecule has 0 aromatic heterocycles. The molecule has 206 valence electrons. The zero-order valence-electron chi connectivity index (χ0n) is 24.7. The summed E-state index contributed by atoms with van der Waals surface area (Å²) < 4.78 is 4.93. The molecule has 0 aliphatic heterocycles. The van der Waals surface area contributed by atoms with Gasteiger partial charge in [-0.1, -0.05) is 59.2 Å². The van der Waals surface area contributed by atoms with Crippen LogP contribution in [-0.4, -0.2) is 25.3 Å². The van der Waals surface area contributed by atoms with E-state index in [1.54, 1.807) is 0 Å². The number of rotatable bonds is 3. The first-order valence-electron chi connectivity index (χ1n) is 15.3. The lowest BCUT2D eigenvalue weighted by Crippen LogP contribution is -2.65. The molecule has 0 spiro atoms. The van der Waals surface area contributed by atoms with E-state index >= 15 is 0 Å². The number of esters is 1. The predicted octanol–water partition coefficient (Wildman–Crippen LogP) is 8.77. The van der Waals surface area contributed by atoms with Crippen molar-refractivity contribution in [3.8, 4) is 0 Å². The molecule has 0 heterocycles. The molecule has 3 heteroatoms. The minimum absolute atomic E-state index is 0.0960. The molecule has 0 bridgehead atoms. The Morgan fingerprint density at radius 3 is 2.29 bits per heavy atom. The van der Waals surface area contributed by atoms with Crippen LogP contribution < -0.4 is 0 Å². The molecular weight excluding hydrogens is 466 g/mol. The SMILES string of the molecule is C=NC12CCCC1C1CCC3C4(C)CC=C(c5ccc(C(=O)OC)cc5)C(C)(C)C4CCC3(C)[C@]1(C)CC2. The van der Waals surface area contributed by atoms with E-state index in [4.69, 9.17) is 9.73 Å². The standard InChI is InChI=1S/C35H49NO2/c1-31(2)25(23-10-12-24(13-11-23)30(37)38-7)16-19-32(3)28(31)17-20-34(5)29(32)15-14-26-27-9-8-18-35(27,36-6)22-21-33(26,34)4/h10-13,16,26-29H,6,8-9,14-15,17-22H2,1-5,7H3/t26?,27?,28?,29?,32?,33-,34?,35?/m1/s1. The van der Waals surface area contributed by atoms with Gasteiger partial charge in [0.2, 0.25) is 0 Å². The van der Waals surface area contributed by atoms with Crippen LogP contribution in [0.4, 0.5) is 0 Å². The maximum atomic E-state index is 12.0. The summed E-state index contributed by atoms with van der Waals surface area (Å²) in [6, 6.07) is 8.11. The fraction of sp³-hybridized carbons (Fsp3) is 0.714. The zero-order chi connectivity index (χ0) is 27.1. The van der Waals surface area contributed by atoms with E-state index in [0.29, 0.717) is 27.7 Å². The number of fused-ring (bicyclic) bond motifs is 7. The second-order valence-electron chi connectivity index (χ2n) is 15.0. The predicted molar refractivity (Wildman–Crippen MR) is 156 cm³/mol. The number of hydrogen-bond donors (Lipinski definition) is 0. The van der Waals surface area contributed by atoms with Gasteiger partial charge in [-0.2, -0.15) is 0 Å². The fourth-order valence-corrected chi connectivity index (χ4v) is 11.8. The maximum absolute atomic E-state index is 12.0. The van der Waals surface area contributed by atoms with Crippen molar-refractivity contribution < 1.29 is 9.53 Å². The van der Waals surface area contributed by atoms with Crippen LogP contribution in [0, 0.1) is 45.3 Å². The third kappa shape index (κ3) is 3.26. The lowest BCUT2D eigenvalue weighted by Gasteiger charge is -2.72. The molecule has 8 atom stereocenters. The van der Waals surface area contributed by atoms with Crippen LogP contribution in [0.15, 0.2) is 35.3 Å². The molecule has 1 aromatic rings. The van der Waals surface area contributed by atoms with Gasteiger partial charge in [-0.3, -0.25) is 4.99 Å². The Labute approximate surface area is 230 Å². The number of aliphatic imine (C=N–C) groups is 1. The summed E-state index contributed by atoms with van der Waals surface area (Å²) in [6.07, 6.45) is 15.7. The molecule has 5 aliphatic rings. The average molecular weight is 516 g/mol. The van der Waals surface area contributed by atoms with Gasteiger partial charge < -0.3 is 4.74 Å². The number of carbonyl (C=O) groups excluding carboxylic acids is 1. The first kappa shape index (κ1) is 26.3. The van der Waals surface area contributed by atoms with Crippen LogP contribution >= 0.6 is 0 Å². The number of methoxy groups -OCH3 is 1. The van der Waals surface area contributed by atoms with Crippen molar-refractivity contribution in [3.05, 3.63) is 41.5 Å². The summed E-state index contributed by atoms with van der Waals surface area (Å²) in [5.74, 6) is 2.72. The van der Waals surface area contributed by atoms with Crippen molar-refractivity contribution in [2.24, 2.45) is 50.3 Å². The number of hydrogen-bond acceptors (Lipinski definition) is 3. The third-order valence-electron chi connectivity index (χ3n) is 13.8. The van der Waals surface area contributed by atoms with E-state index in [2.05, 4.69) is 59.5 Å². The lowest BCUT2D eigenvalue weighted by molar-refractivity contribution is -0.214. The topological polar surface area (TPSA) is 38.7 Å². The molecule has 5 aliphatic carbocycles. The molecule has 1 aromatic carbocycles. The smallest absolute Gasteiger partial charge is 0.337 e. The third-order valence-corrected chi connectivity index (χ3v) is 13.8. The van der Waals surface area contributed by atoms with Crippen LogP contribution in [-0.2, 0) is 4.74 Å². The van der Waals surface area contributed by atoms with Crippen molar-refractivity contribution in [3.63, 3.8) is 0 Å². The molecule has 0 saturated heterocycles. The molecule has 6 rings (SSSR count). The normalized spacial score (nSPS) is 45.1. The van der Waals surface area contributed by atoms with Gasteiger partial charge in [-0.05, 0) is 133 Å². The number of nitrogens with zero attached hydrogens (tertiary/aromatic N) is 1. The van der Waals surface area contributed by atoms with Crippen molar-refractivity contribution in [2.45, 2.75) is 104 Å².